The molecule has 0 aliphatic carbocycles. The van der Waals surface area contributed by atoms with Gasteiger partial charge in [-0.05, 0) is 38.3 Å². The van der Waals surface area contributed by atoms with Crippen LogP contribution < -0.4 is 5.32 Å². The Labute approximate surface area is 151 Å². The molecule has 2 heterocycles. The van der Waals surface area contributed by atoms with Crippen LogP contribution in [0.15, 0.2) is 12.3 Å². The van der Waals surface area contributed by atoms with E-state index in [0.717, 1.165) is 38.8 Å². The molecule has 1 amide bonds. The van der Waals surface area contributed by atoms with Crippen LogP contribution in [0.4, 0.5) is 0 Å². The minimum Gasteiger partial charge on any atom is -0.383 e. The van der Waals surface area contributed by atoms with E-state index in [1.807, 2.05) is 21.8 Å². The molecule has 0 spiro atoms. The molecule has 6 nitrogen and oxygen atoms in total. The molecular formula is C17H31ClN4O2. The Kier molecular flexibility index (Phi) is 9.33. The zero-order chi connectivity index (χ0) is 16.7. The Hall–Kier alpha value is -1.11. The molecule has 1 fully saturated rings. The molecule has 1 saturated heterocycles. The molecule has 0 bridgehead atoms. The maximum atomic E-state index is 12.9. The number of aromatic nitrogens is 2. The number of piperidine rings is 1. The van der Waals surface area contributed by atoms with Gasteiger partial charge in [0.15, 0.2) is 0 Å². The zero-order valence-electron chi connectivity index (χ0n) is 15.0. The van der Waals surface area contributed by atoms with E-state index in [0.29, 0.717) is 24.9 Å². The van der Waals surface area contributed by atoms with Crippen molar-refractivity contribution in [1.29, 1.82) is 0 Å². The highest BCUT2D eigenvalue weighted by Gasteiger charge is 2.25. The van der Waals surface area contributed by atoms with Crippen LogP contribution in [0.5, 0.6) is 0 Å². The number of methoxy groups -OCH3 is 1. The normalized spacial score (nSPS) is 17.6. The van der Waals surface area contributed by atoms with Crippen molar-refractivity contribution in [3.63, 3.8) is 0 Å². The molecule has 1 atom stereocenters. The van der Waals surface area contributed by atoms with Gasteiger partial charge < -0.3 is 15.0 Å². The van der Waals surface area contributed by atoms with E-state index >= 15 is 0 Å². The number of hydrogen-bond donors (Lipinski definition) is 1. The van der Waals surface area contributed by atoms with Crippen molar-refractivity contribution in [1.82, 2.24) is 20.0 Å². The first-order valence-electron chi connectivity index (χ1n) is 8.77. The second-order valence-corrected chi connectivity index (χ2v) is 6.14. The summed E-state index contributed by atoms with van der Waals surface area (Å²) in [6.45, 7) is 7.40. The highest BCUT2D eigenvalue weighted by molar-refractivity contribution is 5.92. The average molecular weight is 359 g/mol. The lowest BCUT2D eigenvalue weighted by Gasteiger charge is -2.30. The highest BCUT2D eigenvalue weighted by atomic mass is 35.5. The first-order valence-corrected chi connectivity index (χ1v) is 8.77. The van der Waals surface area contributed by atoms with Crippen molar-refractivity contribution in [2.45, 2.75) is 51.6 Å². The van der Waals surface area contributed by atoms with Crippen LogP contribution in [0.25, 0.3) is 0 Å². The number of carbonyl (C=O) groups excluding carboxylic acids is 1. The van der Waals surface area contributed by atoms with Gasteiger partial charge >= 0.3 is 0 Å². The van der Waals surface area contributed by atoms with Gasteiger partial charge in [0.25, 0.3) is 5.91 Å². The monoisotopic (exact) mass is 358 g/mol. The van der Waals surface area contributed by atoms with E-state index in [4.69, 9.17) is 4.74 Å². The molecule has 138 valence electrons. The number of halogens is 1. The highest BCUT2D eigenvalue weighted by Crippen LogP contribution is 2.17. The van der Waals surface area contributed by atoms with E-state index in [-0.39, 0.29) is 24.4 Å². The fourth-order valence-electron chi connectivity index (χ4n) is 3.23. The van der Waals surface area contributed by atoms with Crippen molar-refractivity contribution in [3.05, 3.63) is 18.0 Å². The average Bonchev–Trinajstić information content (AvgIpc) is 3.09. The van der Waals surface area contributed by atoms with Gasteiger partial charge in [-0.1, -0.05) is 13.8 Å². The van der Waals surface area contributed by atoms with Gasteiger partial charge in [-0.15, -0.1) is 12.4 Å². The molecule has 1 aromatic rings. The molecule has 1 N–H and O–H groups in total. The molecule has 0 saturated carbocycles. The van der Waals surface area contributed by atoms with E-state index in [9.17, 15) is 4.79 Å². The fourth-order valence-corrected chi connectivity index (χ4v) is 3.23. The molecule has 24 heavy (non-hydrogen) atoms. The molecule has 1 aliphatic rings. The van der Waals surface area contributed by atoms with Gasteiger partial charge in [0.1, 0.15) is 5.69 Å². The molecule has 7 heteroatoms. The Morgan fingerprint density at radius 1 is 1.50 bits per heavy atom. The van der Waals surface area contributed by atoms with E-state index in [1.54, 1.807) is 7.11 Å². The van der Waals surface area contributed by atoms with Crippen molar-refractivity contribution in [2.24, 2.45) is 0 Å². The van der Waals surface area contributed by atoms with Crippen LogP contribution in [0.2, 0.25) is 0 Å². The Morgan fingerprint density at radius 3 is 2.83 bits per heavy atom. The molecule has 2 rings (SSSR count). The molecule has 1 unspecified atom stereocenters. The SMILES string of the molecule is CCC(CC)N(CCOC)C(=O)c1ccn(C2CCCNC2)n1.Cl. The van der Waals surface area contributed by atoms with Crippen LogP contribution in [0.3, 0.4) is 0 Å². The van der Waals surface area contributed by atoms with Crippen molar-refractivity contribution >= 4 is 18.3 Å². The third-order valence-electron chi connectivity index (χ3n) is 4.65. The quantitative estimate of drug-likeness (QED) is 0.775. The molecule has 0 radical (unpaired) electrons. The summed E-state index contributed by atoms with van der Waals surface area (Å²) in [6.07, 6.45) is 6.09. The number of carbonyl (C=O) groups is 1. The summed E-state index contributed by atoms with van der Waals surface area (Å²) in [5.74, 6) is 0.0123. The number of ether oxygens (including phenoxy) is 1. The summed E-state index contributed by atoms with van der Waals surface area (Å²) in [7, 11) is 1.67. The lowest BCUT2D eigenvalue weighted by atomic mass is 10.1. The van der Waals surface area contributed by atoms with Gasteiger partial charge in [-0.25, -0.2) is 0 Å². The Morgan fingerprint density at radius 2 is 2.25 bits per heavy atom. The Balaban J connectivity index is 0.00000288. The maximum Gasteiger partial charge on any atom is 0.274 e. The predicted octanol–water partition coefficient (Wildman–Crippen LogP) is 2.51. The van der Waals surface area contributed by atoms with E-state index < -0.39 is 0 Å². The first-order chi connectivity index (χ1) is 11.2. The fraction of sp³-hybridized carbons (Fsp3) is 0.765. The molecule has 0 aromatic carbocycles. The van der Waals surface area contributed by atoms with Crippen LogP contribution >= 0.6 is 12.4 Å². The standard InChI is InChI=1S/C17H30N4O2.ClH/c1-4-14(5-2)20(11-12-23-3)17(22)16-8-10-21(19-16)15-7-6-9-18-13-15;/h8,10,14-15,18H,4-7,9,11-13H2,1-3H3;1H. The van der Waals surface area contributed by atoms with Gasteiger partial charge in [0.05, 0.1) is 12.6 Å². The minimum absolute atomic E-state index is 0. The number of rotatable bonds is 8. The molecule has 1 aliphatic heterocycles. The summed E-state index contributed by atoms with van der Waals surface area (Å²) < 4.78 is 7.12. The lowest BCUT2D eigenvalue weighted by Crippen LogP contribution is -2.42. The minimum atomic E-state index is 0. The van der Waals surface area contributed by atoms with Gasteiger partial charge in [-0.2, -0.15) is 5.10 Å². The molecule has 1 aromatic heterocycles. The van der Waals surface area contributed by atoms with Gasteiger partial charge in [0, 0.05) is 32.4 Å². The lowest BCUT2D eigenvalue weighted by molar-refractivity contribution is 0.0582. The van der Waals surface area contributed by atoms with E-state index in [2.05, 4.69) is 24.3 Å². The predicted molar refractivity (Wildman–Crippen MR) is 97.9 cm³/mol. The second-order valence-electron chi connectivity index (χ2n) is 6.14. The zero-order valence-corrected chi connectivity index (χ0v) is 15.8. The summed E-state index contributed by atoms with van der Waals surface area (Å²) in [4.78, 5) is 14.8. The van der Waals surface area contributed by atoms with Crippen LogP contribution in [-0.4, -0.2) is 60.0 Å². The van der Waals surface area contributed by atoms with Crippen LogP contribution in [0, 0.1) is 0 Å². The second kappa shape index (κ2) is 10.7. The maximum absolute atomic E-state index is 12.9. The summed E-state index contributed by atoms with van der Waals surface area (Å²) in [5.41, 5.74) is 0.540. The summed E-state index contributed by atoms with van der Waals surface area (Å²) in [5, 5.41) is 7.94. The van der Waals surface area contributed by atoms with Crippen molar-refractivity contribution < 1.29 is 9.53 Å². The molecular weight excluding hydrogens is 328 g/mol. The summed E-state index contributed by atoms with van der Waals surface area (Å²) in [6, 6.07) is 2.43. The Bertz CT molecular complexity index is 485. The first kappa shape index (κ1) is 20.9. The number of nitrogens with zero attached hydrogens (tertiary/aromatic N) is 3. The van der Waals surface area contributed by atoms with Gasteiger partial charge in [-0.3, -0.25) is 9.48 Å². The van der Waals surface area contributed by atoms with Gasteiger partial charge in [0.2, 0.25) is 0 Å². The third kappa shape index (κ3) is 5.19. The number of hydrogen-bond acceptors (Lipinski definition) is 4. The van der Waals surface area contributed by atoms with Crippen LogP contribution in [0.1, 0.15) is 56.1 Å². The van der Waals surface area contributed by atoms with Crippen molar-refractivity contribution in [3.8, 4) is 0 Å². The largest absolute Gasteiger partial charge is 0.383 e. The summed E-state index contributed by atoms with van der Waals surface area (Å²) >= 11 is 0. The van der Waals surface area contributed by atoms with E-state index in [1.165, 1.54) is 0 Å². The smallest absolute Gasteiger partial charge is 0.274 e. The van der Waals surface area contributed by atoms with Crippen LogP contribution in [-0.2, 0) is 4.74 Å². The van der Waals surface area contributed by atoms with Crippen molar-refractivity contribution in [2.75, 3.05) is 33.4 Å². The number of amides is 1. The number of nitrogens with one attached hydrogen (secondary N) is 1. The third-order valence-corrected chi connectivity index (χ3v) is 4.65. The topological polar surface area (TPSA) is 59.4 Å².